The molecule has 1 fully saturated rings. The first-order chi connectivity index (χ1) is 16.4. The van der Waals surface area contributed by atoms with Gasteiger partial charge in [-0.1, -0.05) is 84.0 Å². The summed E-state index contributed by atoms with van der Waals surface area (Å²) in [5, 5.41) is 48.4. The summed E-state index contributed by atoms with van der Waals surface area (Å²) >= 11 is 0. The van der Waals surface area contributed by atoms with Crippen molar-refractivity contribution < 1.29 is 44.5 Å². The topological polar surface area (TPSA) is 146 Å². The maximum Gasteiger partial charge on any atom is 0.305 e. The Labute approximate surface area is 204 Å². The molecule has 34 heavy (non-hydrogen) atoms. The van der Waals surface area contributed by atoms with E-state index in [1.54, 1.807) is 0 Å². The Kier molecular flexibility index (Phi) is 17.8. The van der Waals surface area contributed by atoms with Gasteiger partial charge in [-0.2, -0.15) is 0 Å². The fourth-order valence-electron chi connectivity index (χ4n) is 4.01. The number of aliphatic hydroxyl groups excluding tert-OH is 5. The second-order valence-electron chi connectivity index (χ2n) is 9.36. The van der Waals surface area contributed by atoms with Crippen molar-refractivity contribution in [1.29, 1.82) is 0 Å². The predicted octanol–water partition coefficient (Wildman–Crippen LogP) is 2.19. The second-order valence-corrected chi connectivity index (χ2v) is 9.36. The highest BCUT2D eigenvalue weighted by molar-refractivity contribution is 5.69. The van der Waals surface area contributed by atoms with Crippen molar-refractivity contribution in [1.82, 2.24) is 0 Å². The lowest BCUT2D eigenvalue weighted by molar-refractivity contribution is -0.305. The van der Waals surface area contributed by atoms with Crippen LogP contribution in [0.15, 0.2) is 0 Å². The first-order valence-corrected chi connectivity index (χ1v) is 13.2. The van der Waals surface area contributed by atoms with Gasteiger partial charge in [0.15, 0.2) is 6.29 Å². The van der Waals surface area contributed by atoms with E-state index in [1.807, 2.05) is 0 Å². The van der Waals surface area contributed by atoms with Gasteiger partial charge in [0.05, 0.1) is 13.2 Å². The van der Waals surface area contributed by atoms with Crippen LogP contribution in [-0.2, 0) is 19.0 Å². The van der Waals surface area contributed by atoms with Crippen molar-refractivity contribution in [3.63, 3.8) is 0 Å². The van der Waals surface area contributed by atoms with E-state index >= 15 is 0 Å². The summed E-state index contributed by atoms with van der Waals surface area (Å²) in [5.74, 6) is -0.380. The summed E-state index contributed by atoms with van der Waals surface area (Å²) in [4.78, 5) is 11.8. The Morgan fingerprint density at radius 2 is 1.32 bits per heavy atom. The molecule has 0 aromatic carbocycles. The molecule has 1 rings (SSSR count). The molecule has 0 aliphatic carbocycles. The van der Waals surface area contributed by atoms with Crippen molar-refractivity contribution in [2.24, 2.45) is 0 Å². The molecule has 0 radical (unpaired) electrons. The molecule has 202 valence electrons. The predicted molar refractivity (Wildman–Crippen MR) is 127 cm³/mol. The van der Waals surface area contributed by atoms with Crippen LogP contribution in [0.2, 0.25) is 0 Å². The van der Waals surface area contributed by atoms with Gasteiger partial charge in [-0.25, -0.2) is 0 Å². The second kappa shape index (κ2) is 19.4. The number of carbonyl (C=O) groups is 1. The largest absolute Gasteiger partial charge is 0.463 e. The van der Waals surface area contributed by atoms with Crippen LogP contribution in [0.25, 0.3) is 0 Å². The van der Waals surface area contributed by atoms with Crippen LogP contribution >= 0.6 is 0 Å². The van der Waals surface area contributed by atoms with Gasteiger partial charge < -0.3 is 39.7 Å². The van der Waals surface area contributed by atoms with Crippen LogP contribution < -0.4 is 0 Å². The smallest absolute Gasteiger partial charge is 0.305 e. The Morgan fingerprint density at radius 1 is 0.794 bits per heavy atom. The van der Waals surface area contributed by atoms with Crippen molar-refractivity contribution in [3.05, 3.63) is 0 Å². The molecule has 0 aromatic heterocycles. The van der Waals surface area contributed by atoms with E-state index in [1.165, 1.54) is 64.2 Å². The number of rotatable bonds is 20. The van der Waals surface area contributed by atoms with Crippen LogP contribution in [0.3, 0.4) is 0 Å². The summed E-state index contributed by atoms with van der Waals surface area (Å²) < 4.78 is 15.5. The molecule has 9 nitrogen and oxygen atoms in total. The number of hydrogen-bond donors (Lipinski definition) is 5. The number of carbonyl (C=O) groups excluding carboxylic acids is 1. The maximum atomic E-state index is 11.8. The van der Waals surface area contributed by atoms with E-state index in [-0.39, 0.29) is 19.2 Å². The molecule has 1 aliphatic heterocycles. The van der Waals surface area contributed by atoms with Gasteiger partial charge in [-0.15, -0.1) is 0 Å². The van der Waals surface area contributed by atoms with Crippen LogP contribution in [0, 0.1) is 0 Å². The molecule has 1 aliphatic rings. The number of hydrogen-bond acceptors (Lipinski definition) is 9. The van der Waals surface area contributed by atoms with E-state index in [4.69, 9.17) is 19.3 Å². The normalized spacial score (nSPS) is 25.9. The monoisotopic (exact) mass is 492 g/mol. The fourth-order valence-corrected chi connectivity index (χ4v) is 4.01. The first kappa shape index (κ1) is 31.2. The third-order valence-electron chi connectivity index (χ3n) is 6.22. The SMILES string of the molecule is CCCCCCCCCCCCCCCC(=O)OC[C@@H](O)CO[C@@H]1O[C@H](CO)[C@H](O)[C@H](O)C1O. The molecule has 1 unspecified atom stereocenters. The molecule has 1 heterocycles. The van der Waals surface area contributed by atoms with Crippen LogP contribution in [-0.4, -0.2) is 88.1 Å². The van der Waals surface area contributed by atoms with Crippen molar-refractivity contribution >= 4 is 5.97 Å². The van der Waals surface area contributed by atoms with Gasteiger partial charge >= 0.3 is 5.97 Å². The third kappa shape index (κ3) is 13.3. The number of unbranched alkanes of at least 4 members (excludes halogenated alkanes) is 12. The maximum absolute atomic E-state index is 11.8. The molecule has 6 atom stereocenters. The molecule has 0 saturated carbocycles. The summed E-state index contributed by atoms with van der Waals surface area (Å²) in [6.45, 7) is 1.11. The van der Waals surface area contributed by atoms with E-state index in [0.717, 1.165) is 19.3 Å². The minimum atomic E-state index is -1.55. The molecule has 0 spiro atoms. The highest BCUT2D eigenvalue weighted by Gasteiger charge is 2.44. The van der Waals surface area contributed by atoms with Gasteiger partial charge in [0, 0.05) is 6.42 Å². The molecule has 0 bridgehead atoms. The minimum Gasteiger partial charge on any atom is -0.463 e. The highest BCUT2D eigenvalue weighted by Crippen LogP contribution is 2.22. The summed E-state index contributed by atoms with van der Waals surface area (Å²) in [5.41, 5.74) is 0. The van der Waals surface area contributed by atoms with E-state index in [9.17, 15) is 25.2 Å². The lowest BCUT2D eigenvalue weighted by atomic mass is 9.99. The molecule has 0 aromatic rings. The van der Waals surface area contributed by atoms with Gasteiger partial charge in [0.2, 0.25) is 0 Å². The van der Waals surface area contributed by atoms with Gasteiger partial charge in [-0.05, 0) is 6.42 Å². The lowest BCUT2D eigenvalue weighted by Crippen LogP contribution is -2.59. The quantitative estimate of drug-likeness (QED) is 0.127. The molecule has 9 heteroatoms. The van der Waals surface area contributed by atoms with Gasteiger partial charge in [0.1, 0.15) is 37.1 Å². The number of esters is 1. The average molecular weight is 493 g/mol. The van der Waals surface area contributed by atoms with E-state index in [2.05, 4.69) is 6.92 Å². The standard InChI is InChI=1S/C25H48O9/c1-2-3-4-5-6-7-8-9-10-11-12-13-14-15-21(28)32-17-19(27)18-33-25-24(31)23(30)22(29)20(16-26)34-25/h19-20,22-27,29-31H,2-18H2,1H3/t19-,20-,22+,23+,24?,25-/m1/s1. The molecule has 1 saturated heterocycles. The third-order valence-corrected chi connectivity index (χ3v) is 6.22. The lowest BCUT2D eigenvalue weighted by Gasteiger charge is -2.39. The minimum absolute atomic E-state index is 0.255. The summed E-state index contributed by atoms with van der Waals surface area (Å²) in [6, 6.07) is 0. The zero-order valence-electron chi connectivity index (χ0n) is 20.9. The van der Waals surface area contributed by atoms with Crippen LogP contribution in [0.5, 0.6) is 0 Å². The first-order valence-electron chi connectivity index (χ1n) is 13.2. The summed E-state index contributed by atoms with van der Waals surface area (Å²) in [7, 11) is 0. The number of ether oxygens (including phenoxy) is 3. The summed E-state index contributed by atoms with van der Waals surface area (Å²) in [6.07, 6.45) is 8.18. The van der Waals surface area contributed by atoms with Crippen molar-refractivity contribution in [3.8, 4) is 0 Å². The van der Waals surface area contributed by atoms with Gasteiger partial charge in [0.25, 0.3) is 0 Å². The van der Waals surface area contributed by atoms with Crippen LogP contribution in [0.1, 0.15) is 96.8 Å². The molecule has 0 amide bonds. The van der Waals surface area contributed by atoms with Crippen molar-refractivity contribution in [2.45, 2.75) is 134 Å². The number of aliphatic hydroxyl groups is 5. The molecular formula is C25H48O9. The van der Waals surface area contributed by atoms with Gasteiger partial charge in [-0.3, -0.25) is 4.79 Å². The zero-order valence-corrected chi connectivity index (χ0v) is 20.9. The zero-order chi connectivity index (χ0) is 25.2. The van der Waals surface area contributed by atoms with E-state index < -0.39 is 43.4 Å². The fraction of sp³-hybridized carbons (Fsp3) is 0.960. The average Bonchev–Trinajstić information content (AvgIpc) is 2.83. The Balaban J connectivity index is 1.99. The van der Waals surface area contributed by atoms with E-state index in [0.29, 0.717) is 6.42 Å². The van der Waals surface area contributed by atoms with Crippen LogP contribution in [0.4, 0.5) is 0 Å². The molecule has 5 N–H and O–H groups in total. The highest BCUT2D eigenvalue weighted by atomic mass is 16.7. The Hall–Kier alpha value is -0.810. The Bertz CT molecular complexity index is 503. The Morgan fingerprint density at radius 3 is 1.85 bits per heavy atom. The molecular weight excluding hydrogens is 444 g/mol. The van der Waals surface area contributed by atoms with Crippen molar-refractivity contribution in [2.75, 3.05) is 19.8 Å².